The number of aliphatic hydroxyl groups is 1. The molecule has 0 aliphatic heterocycles. The number of rotatable bonds is 77. The quantitative estimate of drug-likeness (QED) is 0.0222. The molecule has 0 rings (SSSR count). The van der Waals surface area contributed by atoms with Crippen LogP contribution in [0.3, 0.4) is 0 Å². The van der Waals surface area contributed by atoms with Gasteiger partial charge in [-0.2, -0.15) is 0 Å². The molecule has 0 heterocycles. The minimum Gasteiger partial charge on any atom is -0.462 e. The summed E-state index contributed by atoms with van der Waals surface area (Å²) in [6, 6.07) is 0. The van der Waals surface area contributed by atoms with E-state index < -0.39 is 97.5 Å². The van der Waals surface area contributed by atoms with Gasteiger partial charge in [0.15, 0.2) is 12.2 Å². The zero-order valence-electron chi connectivity index (χ0n) is 63.4. The van der Waals surface area contributed by atoms with Crippen molar-refractivity contribution in [2.24, 2.45) is 11.8 Å². The Labute approximate surface area is 594 Å². The van der Waals surface area contributed by atoms with Gasteiger partial charge in [-0.05, 0) is 37.5 Å². The van der Waals surface area contributed by atoms with E-state index in [1.54, 1.807) is 0 Å². The van der Waals surface area contributed by atoms with Crippen molar-refractivity contribution in [2.75, 3.05) is 39.6 Å². The van der Waals surface area contributed by atoms with Crippen molar-refractivity contribution in [3.8, 4) is 0 Å². The van der Waals surface area contributed by atoms with Crippen LogP contribution in [0.15, 0.2) is 0 Å². The highest BCUT2D eigenvalue weighted by Crippen LogP contribution is 2.45. The Kier molecular flexibility index (Phi) is 68.4. The lowest BCUT2D eigenvalue weighted by Crippen LogP contribution is -2.30. The molecular formula is C78H152O17P2. The molecule has 0 amide bonds. The van der Waals surface area contributed by atoms with E-state index in [0.29, 0.717) is 25.7 Å². The van der Waals surface area contributed by atoms with Crippen LogP contribution in [0, 0.1) is 11.8 Å². The number of carbonyl (C=O) groups excluding carboxylic acids is 4. The van der Waals surface area contributed by atoms with Crippen LogP contribution in [0.2, 0.25) is 0 Å². The predicted molar refractivity (Wildman–Crippen MR) is 395 cm³/mol. The first-order chi connectivity index (χ1) is 46.9. The number of carbonyl (C=O) groups is 4. The number of unbranched alkanes of at least 4 members (excludes halogenated alkanes) is 46. The predicted octanol–water partition coefficient (Wildman–Crippen LogP) is 23.1. The van der Waals surface area contributed by atoms with Crippen LogP contribution in [-0.2, 0) is 65.4 Å². The Hall–Kier alpha value is -1.94. The molecule has 3 unspecified atom stereocenters. The van der Waals surface area contributed by atoms with Crippen molar-refractivity contribution < 1.29 is 80.2 Å². The number of ether oxygens (including phenoxy) is 4. The lowest BCUT2D eigenvalue weighted by atomic mass is 9.99. The molecule has 0 aliphatic carbocycles. The monoisotopic (exact) mass is 1420 g/mol. The maximum Gasteiger partial charge on any atom is 0.472 e. The second-order valence-corrected chi connectivity index (χ2v) is 31.7. The van der Waals surface area contributed by atoms with E-state index in [1.807, 2.05) is 0 Å². The van der Waals surface area contributed by atoms with Crippen LogP contribution in [-0.4, -0.2) is 96.7 Å². The number of aliphatic hydroxyl groups excluding tert-OH is 1. The van der Waals surface area contributed by atoms with E-state index in [9.17, 15) is 43.2 Å². The van der Waals surface area contributed by atoms with Gasteiger partial charge in [-0.3, -0.25) is 37.3 Å². The lowest BCUT2D eigenvalue weighted by molar-refractivity contribution is -0.161. The molecular weight excluding hydrogens is 1270 g/mol. The summed E-state index contributed by atoms with van der Waals surface area (Å²) < 4.78 is 68.5. The Balaban J connectivity index is 5.20. The van der Waals surface area contributed by atoms with Crippen LogP contribution in [0.1, 0.15) is 408 Å². The van der Waals surface area contributed by atoms with E-state index in [0.717, 1.165) is 108 Å². The van der Waals surface area contributed by atoms with E-state index >= 15 is 0 Å². The van der Waals surface area contributed by atoms with Gasteiger partial charge in [0.1, 0.15) is 19.3 Å². The van der Waals surface area contributed by atoms with Gasteiger partial charge in [0.2, 0.25) is 0 Å². The molecule has 0 aliphatic rings. The first-order valence-electron chi connectivity index (χ1n) is 40.5. The van der Waals surface area contributed by atoms with Crippen molar-refractivity contribution >= 4 is 39.5 Å². The molecule has 3 N–H and O–H groups in total. The summed E-state index contributed by atoms with van der Waals surface area (Å²) in [6.45, 7) is 9.62. The maximum absolute atomic E-state index is 13.1. The molecule has 0 bridgehead atoms. The Morgan fingerprint density at radius 1 is 0.299 bits per heavy atom. The molecule has 0 saturated heterocycles. The second-order valence-electron chi connectivity index (χ2n) is 28.8. The zero-order valence-corrected chi connectivity index (χ0v) is 65.2. The molecule has 576 valence electrons. The number of phosphoric ester groups is 2. The lowest BCUT2D eigenvalue weighted by Gasteiger charge is -2.21. The zero-order chi connectivity index (χ0) is 71.4. The average molecular weight is 1420 g/mol. The standard InChI is InChI=1S/C78H152O17P2/c1-7-10-12-14-16-18-19-20-21-22-23-24-25-26-27-32-38-44-50-56-62-77(82)95-74(67-89-76(81)61-55-49-43-37-31-29-28-30-35-40-46-52-58-70(4)5)69-93-97(86,87)91-65-72(79)64-90-96(84,85)92-68-73(66-88-75(80)60-54-48-42-17-15-13-11-8-2)94-78(83)63-57-51-45-39-34-33-36-41-47-53-59-71(6)9-3/h70-74,79H,7-69H2,1-6H3,(H,84,85)(H,86,87)/t71?,72-,73+,74+/m0/s1. The van der Waals surface area contributed by atoms with Crippen LogP contribution < -0.4 is 0 Å². The molecule has 0 aromatic carbocycles. The van der Waals surface area contributed by atoms with E-state index in [2.05, 4.69) is 41.5 Å². The number of hydrogen-bond donors (Lipinski definition) is 3. The Morgan fingerprint density at radius 3 is 0.784 bits per heavy atom. The highest BCUT2D eigenvalue weighted by Gasteiger charge is 2.30. The number of hydrogen-bond acceptors (Lipinski definition) is 15. The fraction of sp³-hybridized carbons (Fsp3) is 0.949. The van der Waals surface area contributed by atoms with E-state index in [4.69, 9.17) is 37.0 Å². The van der Waals surface area contributed by atoms with Gasteiger partial charge in [0.25, 0.3) is 0 Å². The summed E-state index contributed by atoms with van der Waals surface area (Å²) in [4.78, 5) is 72.8. The molecule has 97 heavy (non-hydrogen) atoms. The van der Waals surface area contributed by atoms with Crippen LogP contribution in [0.25, 0.3) is 0 Å². The number of phosphoric acid groups is 2. The molecule has 0 radical (unpaired) electrons. The molecule has 6 atom stereocenters. The van der Waals surface area contributed by atoms with Gasteiger partial charge in [-0.25, -0.2) is 9.13 Å². The summed E-state index contributed by atoms with van der Waals surface area (Å²) in [7, 11) is -9.91. The third kappa shape index (κ3) is 70.9. The maximum atomic E-state index is 13.1. The highest BCUT2D eigenvalue weighted by molar-refractivity contribution is 7.47. The summed E-state index contributed by atoms with van der Waals surface area (Å²) in [5, 5.41) is 10.6. The van der Waals surface area contributed by atoms with Gasteiger partial charge >= 0.3 is 39.5 Å². The van der Waals surface area contributed by atoms with Crippen molar-refractivity contribution in [1.29, 1.82) is 0 Å². The second kappa shape index (κ2) is 69.8. The SMILES string of the molecule is CCCCCCCCCCCCCCCCCCCCCCC(=O)O[C@H](COC(=O)CCCCCCCCCCCCCCC(C)C)COP(=O)(O)OC[C@@H](O)COP(=O)(O)OC[C@@H](COC(=O)CCCCCCCCCC)OC(=O)CCCCCCCCCCCCC(C)CC. The molecule has 19 heteroatoms. The molecule has 17 nitrogen and oxygen atoms in total. The molecule has 0 aromatic heterocycles. The Bertz CT molecular complexity index is 1870. The summed E-state index contributed by atoms with van der Waals surface area (Å²) in [6.07, 6.45) is 58.3. The largest absolute Gasteiger partial charge is 0.472 e. The first-order valence-corrected chi connectivity index (χ1v) is 43.5. The normalized spacial score (nSPS) is 14.2. The molecule has 0 aromatic rings. The first kappa shape index (κ1) is 95.1. The fourth-order valence-corrected chi connectivity index (χ4v) is 13.6. The van der Waals surface area contributed by atoms with Crippen molar-refractivity contribution in [3.63, 3.8) is 0 Å². The highest BCUT2D eigenvalue weighted by atomic mass is 31.2. The van der Waals surface area contributed by atoms with Gasteiger partial charge in [-0.15, -0.1) is 0 Å². The molecule has 0 spiro atoms. The van der Waals surface area contributed by atoms with E-state index in [-0.39, 0.29) is 25.7 Å². The minimum absolute atomic E-state index is 0.106. The van der Waals surface area contributed by atoms with Crippen LogP contribution in [0.4, 0.5) is 0 Å². The summed E-state index contributed by atoms with van der Waals surface area (Å²) in [5.41, 5.74) is 0. The van der Waals surface area contributed by atoms with Crippen molar-refractivity contribution in [2.45, 2.75) is 426 Å². The number of esters is 4. The van der Waals surface area contributed by atoms with Gasteiger partial charge in [-0.1, -0.05) is 356 Å². The third-order valence-electron chi connectivity index (χ3n) is 18.6. The van der Waals surface area contributed by atoms with Crippen LogP contribution in [0.5, 0.6) is 0 Å². The summed E-state index contributed by atoms with van der Waals surface area (Å²) >= 11 is 0. The van der Waals surface area contributed by atoms with Crippen LogP contribution >= 0.6 is 15.6 Å². The molecule has 0 fully saturated rings. The smallest absolute Gasteiger partial charge is 0.462 e. The average Bonchev–Trinajstić information content (AvgIpc) is 1.34. The van der Waals surface area contributed by atoms with Gasteiger partial charge in [0, 0.05) is 25.7 Å². The topological polar surface area (TPSA) is 237 Å². The molecule has 0 saturated carbocycles. The van der Waals surface area contributed by atoms with Gasteiger partial charge < -0.3 is 33.8 Å². The third-order valence-corrected chi connectivity index (χ3v) is 20.5. The van der Waals surface area contributed by atoms with E-state index in [1.165, 1.54) is 218 Å². The fourth-order valence-electron chi connectivity index (χ4n) is 12.0. The summed E-state index contributed by atoms with van der Waals surface area (Å²) in [5.74, 6) is -0.531. The van der Waals surface area contributed by atoms with Crippen molar-refractivity contribution in [1.82, 2.24) is 0 Å². The van der Waals surface area contributed by atoms with Gasteiger partial charge in [0.05, 0.1) is 26.4 Å². The Morgan fingerprint density at radius 2 is 0.526 bits per heavy atom. The minimum atomic E-state index is -4.96. The van der Waals surface area contributed by atoms with Crippen molar-refractivity contribution in [3.05, 3.63) is 0 Å².